The first-order valence-corrected chi connectivity index (χ1v) is 6.60. The molecule has 0 aromatic heterocycles. The van der Waals surface area contributed by atoms with Crippen LogP contribution in [-0.4, -0.2) is 53.4 Å². The van der Waals surface area contributed by atoms with Crippen LogP contribution in [-0.2, 0) is 9.53 Å². The molecule has 0 radical (unpaired) electrons. The largest absolute Gasteiger partial charge is 0.439 e. The summed E-state index contributed by atoms with van der Waals surface area (Å²) in [6.45, 7) is 0.417. The zero-order valence-corrected chi connectivity index (χ0v) is 11.1. The Bertz CT molecular complexity index is 603. The Hall–Kier alpha value is -2.44. The Morgan fingerprint density at radius 3 is 2.81 bits per heavy atom. The lowest BCUT2D eigenvalue weighted by molar-refractivity contribution is -0.127. The molecule has 3 amide bonds. The molecular weight excluding hydrogens is 279 g/mol. The van der Waals surface area contributed by atoms with E-state index in [9.17, 15) is 18.8 Å². The van der Waals surface area contributed by atoms with E-state index in [2.05, 4.69) is 4.74 Å². The van der Waals surface area contributed by atoms with E-state index in [1.54, 1.807) is 0 Å². The fourth-order valence-electron chi connectivity index (χ4n) is 2.66. The van der Waals surface area contributed by atoms with Gasteiger partial charge in [-0.3, -0.25) is 9.59 Å². The molecule has 1 atom stereocenters. The molecule has 2 saturated heterocycles. The number of carbonyl (C=O) groups excluding carboxylic acids is 3. The van der Waals surface area contributed by atoms with E-state index in [1.807, 2.05) is 0 Å². The van der Waals surface area contributed by atoms with Crippen LogP contribution in [0.2, 0.25) is 0 Å². The van der Waals surface area contributed by atoms with E-state index < -0.39 is 11.9 Å². The van der Waals surface area contributed by atoms with Crippen LogP contribution in [0, 0.1) is 5.82 Å². The molecule has 2 heterocycles. The van der Waals surface area contributed by atoms with Crippen molar-refractivity contribution in [1.29, 1.82) is 0 Å². The lowest BCUT2D eigenvalue weighted by Gasteiger charge is -2.20. The maximum atomic E-state index is 13.2. The van der Waals surface area contributed by atoms with Gasteiger partial charge in [0.25, 0.3) is 11.8 Å². The minimum Gasteiger partial charge on any atom is -0.439 e. The molecule has 1 aromatic rings. The Kier molecular flexibility index (Phi) is 3.32. The van der Waals surface area contributed by atoms with Gasteiger partial charge in [0.05, 0.1) is 6.04 Å². The van der Waals surface area contributed by atoms with Crippen LogP contribution in [0.5, 0.6) is 0 Å². The average molecular weight is 292 g/mol. The highest BCUT2D eigenvalue weighted by molar-refractivity contribution is 5.98. The van der Waals surface area contributed by atoms with E-state index in [-0.39, 0.29) is 36.6 Å². The summed E-state index contributed by atoms with van der Waals surface area (Å²) in [5.74, 6) is -1.17. The third-order valence-electron chi connectivity index (χ3n) is 3.67. The van der Waals surface area contributed by atoms with Crippen LogP contribution >= 0.6 is 0 Å². The van der Waals surface area contributed by atoms with Gasteiger partial charge in [-0.15, -0.1) is 0 Å². The minimum absolute atomic E-state index is 0.243. The van der Waals surface area contributed by atoms with Crippen LogP contribution in [0.3, 0.4) is 0 Å². The van der Waals surface area contributed by atoms with E-state index in [1.165, 1.54) is 29.2 Å². The van der Waals surface area contributed by atoms with E-state index in [0.29, 0.717) is 13.0 Å². The van der Waals surface area contributed by atoms with Crippen LogP contribution in [0.1, 0.15) is 16.8 Å². The number of ether oxygens (including phenoxy) is 1. The fourth-order valence-corrected chi connectivity index (χ4v) is 2.66. The number of likely N-dealkylation sites (tertiary alicyclic amines) is 1. The SMILES string of the molecule is O=C(c1cccc(F)c1)N1CC[C@H](N2C(=O)COC2=O)C1. The zero-order valence-electron chi connectivity index (χ0n) is 11.1. The number of rotatable bonds is 2. The predicted molar refractivity (Wildman–Crippen MR) is 68.9 cm³/mol. The van der Waals surface area contributed by atoms with Gasteiger partial charge in [0.2, 0.25) is 0 Å². The molecular formula is C14H13FN2O4. The summed E-state index contributed by atoms with van der Waals surface area (Å²) < 4.78 is 17.8. The molecule has 2 aliphatic rings. The summed E-state index contributed by atoms with van der Waals surface area (Å²) in [5.41, 5.74) is 0.256. The van der Waals surface area contributed by atoms with E-state index in [0.717, 1.165) is 4.90 Å². The number of halogens is 1. The Labute approximate surface area is 120 Å². The standard InChI is InChI=1S/C14H13FN2O4/c15-10-3-1-2-9(6-10)13(19)16-5-4-11(7-16)17-12(18)8-21-14(17)20/h1-3,6,11H,4-5,7-8H2/t11-/m0/s1. The second-order valence-corrected chi connectivity index (χ2v) is 5.02. The molecule has 0 unspecified atom stereocenters. The molecule has 0 aliphatic carbocycles. The average Bonchev–Trinajstić information content (AvgIpc) is 3.05. The highest BCUT2D eigenvalue weighted by atomic mass is 19.1. The lowest BCUT2D eigenvalue weighted by Crippen LogP contribution is -2.42. The zero-order chi connectivity index (χ0) is 15.0. The third kappa shape index (κ3) is 2.46. The molecule has 0 N–H and O–H groups in total. The van der Waals surface area contributed by atoms with Crippen molar-refractivity contribution in [3.8, 4) is 0 Å². The van der Waals surface area contributed by atoms with Crippen molar-refractivity contribution in [1.82, 2.24) is 9.80 Å². The van der Waals surface area contributed by atoms with Crippen molar-refractivity contribution < 1.29 is 23.5 Å². The molecule has 0 saturated carbocycles. The molecule has 0 spiro atoms. The Balaban J connectivity index is 1.71. The van der Waals surface area contributed by atoms with Gasteiger partial charge in [-0.2, -0.15) is 0 Å². The number of cyclic esters (lactones) is 1. The number of imide groups is 1. The van der Waals surface area contributed by atoms with Crippen molar-refractivity contribution in [2.75, 3.05) is 19.7 Å². The number of carbonyl (C=O) groups is 3. The first kappa shape index (κ1) is 13.5. The van der Waals surface area contributed by atoms with Gasteiger partial charge in [-0.1, -0.05) is 6.07 Å². The smallest absolute Gasteiger partial charge is 0.417 e. The minimum atomic E-state index is -0.662. The van der Waals surface area contributed by atoms with Gasteiger partial charge >= 0.3 is 6.09 Å². The molecule has 21 heavy (non-hydrogen) atoms. The molecule has 0 bridgehead atoms. The van der Waals surface area contributed by atoms with Gasteiger partial charge in [-0.25, -0.2) is 14.1 Å². The molecule has 3 rings (SSSR count). The topological polar surface area (TPSA) is 66.9 Å². The first-order valence-electron chi connectivity index (χ1n) is 6.60. The number of hydrogen-bond donors (Lipinski definition) is 0. The van der Waals surface area contributed by atoms with Crippen molar-refractivity contribution >= 4 is 17.9 Å². The van der Waals surface area contributed by atoms with Crippen LogP contribution < -0.4 is 0 Å². The third-order valence-corrected chi connectivity index (χ3v) is 3.67. The fraction of sp³-hybridized carbons (Fsp3) is 0.357. The van der Waals surface area contributed by atoms with Gasteiger partial charge in [-0.05, 0) is 24.6 Å². The van der Waals surface area contributed by atoms with Crippen LogP contribution in [0.25, 0.3) is 0 Å². The maximum Gasteiger partial charge on any atom is 0.417 e. The van der Waals surface area contributed by atoms with Crippen molar-refractivity contribution in [2.45, 2.75) is 12.5 Å². The Morgan fingerprint density at radius 2 is 2.14 bits per heavy atom. The normalized spacial score (nSPS) is 21.9. The van der Waals surface area contributed by atoms with Crippen molar-refractivity contribution in [3.05, 3.63) is 35.6 Å². The Morgan fingerprint density at radius 1 is 1.33 bits per heavy atom. The molecule has 1 aromatic carbocycles. The lowest BCUT2D eigenvalue weighted by atomic mass is 10.2. The number of amides is 3. The van der Waals surface area contributed by atoms with Gasteiger partial charge in [0.1, 0.15) is 5.82 Å². The molecule has 6 nitrogen and oxygen atoms in total. The summed E-state index contributed by atoms with van der Waals surface area (Å²) in [7, 11) is 0. The first-order chi connectivity index (χ1) is 10.1. The number of nitrogens with zero attached hydrogens (tertiary/aromatic N) is 2. The molecule has 2 fully saturated rings. The highest BCUT2D eigenvalue weighted by Crippen LogP contribution is 2.21. The summed E-state index contributed by atoms with van der Waals surface area (Å²) in [6, 6.07) is 5.07. The summed E-state index contributed by atoms with van der Waals surface area (Å²) in [4.78, 5) is 37.9. The van der Waals surface area contributed by atoms with E-state index in [4.69, 9.17) is 0 Å². The van der Waals surface area contributed by atoms with Gasteiger partial charge in [0.15, 0.2) is 6.61 Å². The van der Waals surface area contributed by atoms with Gasteiger partial charge in [0, 0.05) is 18.7 Å². The van der Waals surface area contributed by atoms with Crippen LogP contribution in [0.4, 0.5) is 9.18 Å². The molecule has 7 heteroatoms. The summed E-state index contributed by atoms with van der Waals surface area (Å²) in [5, 5.41) is 0. The maximum absolute atomic E-state index is 13.2. The summed E-state index contributed by atoms with van der Waals surface area (Å²) >= 11 is 0. The second-order valence-electron chi connectivity index (χ2n) is 5.02. The van der Waals surface area contributed by atoms with Crippen molar-refractivity contribution in [3.63, 3.8) is 0 Å². The monoisotopic (exact) mass is 292 g/mol. The van der Waals surface area contributed by atoms with Crippen molar-refractivity contribution in [2.24, 2.45) is 0 Å². The number of hydrogen-bond acceptors (Lipinski definition) is 4. The predicted octanol–water partition coefficient (Wildman–Crippen LogP) is 1.02. The van der Waals surface area contributed by atoms with E-state index >= 15 is 0 Å². The van der Waals surface area contributed by atoms with Gasteiger partial charge < -0.3 is 9.64 Å². The number of benzene rings is 1. The quantitative estimate of drug-likeness (QED) is 0.816. The molecule has 110 valence electrons. The highest BCUT2D eigenvalue weighted by Gasteiger charge is 2.41. The molecule has 2 aliphatic heterocycles. The second kappa shape index (κ2) is 5.16. The van der Waals surface area contributed by atoms with Crippen LogP contribution in [0.15, 0.2) is 24.3 Å². The summed E-state index contributed by atoms with van der Waals surface area (Å²) in [6.07, 6.45) is -0.160.